The molecule has 1 fully saturated rings. The molecule has 0 spiro atoms. The SMILES string of the molecule is Cn1cc(CNCCC(=O)N2CCCCC2)nn1. The molecule has 1 N–H and O–H groups in total. The Balaban J connectivity index is 1.61. The number of aromatic nitrogens is 3. The van der Waals surface area contributed by atoms with E-state index in [0.29, 0.717) is 19.5 Å². The van der Waals surface area contributed by atoms with Crippen molar-refractivity contribution >= 4 is 5.91 Å². The number of nitrogens with one attached hydrogen (secondary N) is 1. The van der Waals surface area contributed by atoms with Gasteiger partial charge in [-0.3, -0.25) is 9.48 Å². The van der Waals surface area contributed by atoms with Crippen LogP contribution in [0.1, 0.15) is 31.4 Å². The topological polar surface area (TPSA) is 63.1 Å². The molecule has 6 nitrogen and oxygen atoms in total. The maximum Gasteiger partial charge on any atom is 0.223 e. The normalized spacial score (nSPS) is 15.9. The number of hydrogen-bond donors (Lipinski definition) is 1. The summed E-state index contributed by atoms with van der Waals surface area (Å²) < 4.78 is 1.68. The van der Waals surface area contributed by atoms with Gasteiger partial charge in [0.05, 0.1) is 5.69 Å². The zero-order valence-electron chi connectivity index (χ0n) is 10.9. The molecular weight excluding hydrogens is 230 g/mol. The Kier molecular flexibility index (Phi) is 4.69. The van der Waals surface area contributed by atoms with Gasteiger partial charge in [0, 0.05) is 45.8 Å². The number of likely N-dealkylation sites (tertiary alicyclic amines) is 1. The monoisotopic (exact) mass is 251 g/mol. The van der Waals surface area contributed by atoms with Gasteiger partial charge in [0.25, 0.3) is 0 Å². The molecule has 0 atom stereocenters. The number of carbonyl (C=O) groups is 1. The summed E-state index contributed by atoms with van der Waals surface area (Å²) in [5.74, 6) is 0.265. The fourth-order valence-electron chi connectivity index (χ4n) is 2.19. The Morgan fingerprint density at radius 2 is 2.17 bits per heavy atom. The summed E-state index contributed by atoms with van der Waals surface area (Å²) in [6.07, 6.45) is 6.01. The fraction of sp³-hybridized carbons (Fsp3) is 0.750. The van der Waals surface area contributed by atoms with Crippen LogP contribution < -0.4 is 5.32 Å². The quantitative estimate of drug-likeness (QED) is 0.765. The van der Waals surface area contributed by atoms with Gasteiger partial charge in [-0.1, -0.05) is 5.21 Å². The van der Waals surface area contributed by atoms with E-state index in [1.165, 1.54) is 6.42 Å². The number of amides is 1. The highest BCUT2D eigenvalue weighted by atomic mass is 16.2. The number of carbonyl (C=O) groups excluding carboxylic acids is 1. The van der Waals surface area contributed by atoms with Crippen LogP contribution in [-0.4, -0.2) is 45.4 Å². The molecule has 6 heteroatoms. The first-order chi connectivity index (χ1) is 8.75. The lowest BCUT2D eigenvalue weighted by atomic mass is 10.1. The molecule has 1 amide bonds. The Morgan fingerprint density at radius 1 is 1.39 bits per heavy atom. The van der Waals surface area contributed by atoms with Crippen molar-refractivity contribution in [1.29, 1.82) is 0 Å². The van der Waals surface area contributed by atoms with Gasteiger partial charge in [0.1, 0.15) is 0 Å². The van der Waals surface area contributed by atoms with Crippen LogP contribution in [-0.2, 0) is 18.4 Å². The van der Waals surface area contributed by atoms with Crippen LogP contribution in [0.3, 0.4) is 0 Å². The number of hydrogen-bond acceptors (Lipinski definition) is 4. The molecule has 2 heterocycles. The zero-order valence-corrected chi connectivity index (χ0v) is 10.9. The smallest absolute Gasteiger partial charge is 0.223 e. The number of rotatable bonds is 5. The maximum absolute atomic E-state index is 11.9. The summed E-state index contributed by atoms with van der Waals surface area (Å²) in [6.45, 7) is 3.24. The van der Waals surface area contributed by atoms with Gasteiger partial charge >= 0.3 is 0 Å². The third kappa shape index (κ3) is 3.80. The summed E-state index contributed by atoms with van der Waals surface area (Å²) in [6, 6.07) is 0. The molecule has 1 aliphatic rings. The molecule has 0 bridgehead atoms. The summed E-state index contributed by atoms with van der Waals surface area (Å²) in [5, 5.41) is 11.1. The van der Waals surface area contributed by atoms with Crippen molar-refractivity contribution in [2.24, 2.45) is 7.05 Å². The van der Waals surface area contributed by atoms with E-state index in [4.69, 9.17) is 0 Å². The molecule has 2 rings (SSSR count). The van der Waals surface area contributed by atoms with Crippen molar-refractivity contribution in [1.82, 2.24) is 25.2 Å². The molecule has 1 saturated heterocycles. The number of aryl methyl sites for hydroxylation is 1. The first-order valence-electron chi connectivity index (χ1n) is 6.59. The molecule has 1 aromatic heterocycles. The molecule has 1 aliphatic heterocycles. The van der Waals surface area contributed by atoms with E-state index in [-0.39, 0.29) is 5.91 Å². The average Bonchev–Trinajstić information content (AvgIpc) is 2.81. The second-order valence-corrected chi connectivity index (χ2v) is 4.75. The van der Waals surface area contributed by atoms with Crippen LogP contribution >= 0.6 is 0 Å². The van der Waals surface area contributed by atoms with Crippen molar-refractivity contribution in [2.45, 2.75) is 32.2 Å². The number of piperidine rings is 1. The van der Waals surface area contributed by atoms with E-state index in [0.717, 1.165) is 31.6 Å². The van der Waals surface area contributed by atoms with Crippen LogP contribution in [0, 0.1) is 0 Å². The van der Waals surface area contributed by atoms with Crippen LogP contribution in [0.5, 0.6) is 0 Å². The molecule has 0 unspecified atom stereocenters. The van der Waals surface area contributed by atoms with Gasteiger partial charge in [-0.15, -0.1) is 5.10 Å². The summed E-state index contributed by atoms with van der Waals surface area (Å²) in [5.41, 5.74) is 0.905. The first-order valence-corrected chi connectivity index (χ1v) is 6.59. The molecule has 0 radical (unpaired) electrons. The third-order valence-electron chi connectivity index (χ3n) is 3.18. The minimum absolute atomic E-state index is 0.265. The van der Waals surface area contributed by atoms with E-state index in [1.54, 1.807) is 4.68 Å². The van der Waals surface area contributed by atoms with E-state index in [9.17, 15) is 4.79 Å². The number of nitrogens with zero attached hydrogens (tertiary/aromatic N) is 4. The first kappa shape index (κ1) is 13.0. The minimum atomic E-state index is 0.265. The Bertz CT molecular complexity index is 384. The van der Waals surface area contributed by atoms with Gasteiger partial charge in [-0.2, -0.15) is 0 Å². The minimum Gasteiger partial charge on any atom is -0.343 e. The summed E-state index contributed by atoms with van der Waals surface area (Å²) in [4.78, 5) is 13.8. The predicted molar refractivity (Wildman–Crippen MR) is 67.8 cm³/mol. The molecule has 0 aliphatic carbocycles. The highest BCUT2D eigenvalue weighted by Crippen LogP contribution is 2.09. The van der Waals surface area contributed by atoms with Crippen LogP contribution in [0.15, 0.2) is 6.20 Å². The third-order valence-corrected chi connectivity index (χ3v) is 3.18. The standard InChI is InChI=1S/C12H21N5O/c1-16-10-11(14-15-16)9-13-6-5-12(18)17-7-3-2-4-8-17/h10,13H,2-9H2,1H3. The zero-order chi connectivity index (χ0) is 12.8. The van der Waals surface area contributed by atoms with Crippen molar-refractivity contribution < 1.29 is 4.79 Å². The van der Waals surface area contributed by atoms with E-state index in [1.807, 2.05) is 18.1 Å². The molecule has 0 saturated carbocycles. The van der Waals surface area contributed by atoms with Crippen LogP contribution in [0.2, 0.25) is 0 Å². The van der Waals surface area contributed by atoms with Crippen molar-refractivity contribution in [2.75, 3.05) is 19.6 Å². The highest BCUT2D eigenvalue weighted by Gasteiger charge is 2.15. The lowest BCUT2D eigenvalue weighted by Crippen LogP contribution is -2.37. The second-order valence-electron chi connectivity index (χ2n) is 4.75. The molecule has 100 valence electrons. The Morgan fingerprint density at radius 3 is 2.83 bits per heavy atom. The van der Waals surface area contributed by atoms with Gasteiger partial charge in [-0.05, 0) is 19.3 Å². The fourth-order valence-corrected chi connectivity index (χ4v) is 2.19. The highest BCUT2D eigenvalue weighted by molar-refractivity contribution is 5.76. The van der Waals surface area contributed by atoms with E-state index >= 15 is 0 Å². The molecular formula is C12H21N5O. The van der Waals surface area contributed by atoms with Gasteiger partial charge < -0.3 is 10.2 Å². The van der Waals surface area contributed by atoms with Crippen molar-refractivity contribution in [3.8, 4) is 0 Å². The predicted octanol–water partition coefficient (Wildman–Crippen LogP) is 0.307. The lowest BCUT2D eigenvalue weighted by molar-refractivity contribution is -0.131. The van der Waals surface area contributed by atoms with E-state index < -0.39 is 0 Å². The Hall–Kier alpha value is -1.43. The summed E-state index contributed by atoms with van der Waals surface area (Å²) >= 11 is 0. The average molecular weight is 251 g/mol. The van der Waals surface area contributed by atoms with E-state index in [2.05, 4.69) is 15.6 Å². The molecule has 0 aromatic carbocycles. The van der Waals surface area contributed by atoms with Gasteiger partial charge in [0.2, 0.25) is 5.91 Å². The van der Waals surface area contributed by atoms with Crippen molar-refractivity contribution in [3.63, 3.8) is 0 Å². The van der Waals surface area contributed by atoms with Crippen molar-refractivity contribution in [3.05, 3.63) is 11.9 Å². The van der Waals surface area contributed by atoms with Crippen LogP contribution in [0.4, 0.5) is 0 Å². The Labute approximate surface area is 107 Å². The largest absolute Gasteiger partial charge is 0.343 e. The van der Waals surface area contributed by atoms with Crippen LogP contribution in [0.25, 0.3) is 0 Å². The molecule has 18 heavy (non-hydrogen) atoms. The second kappa shape index (κ2) is 6.49. The lowest BCUT2D eigenvalue weighted by Gasteiger charge is -2.26. The molecule has 1 aromatic rings. The van der Waals surface area contributed by atoms with Gasteiger partial charge in [-0.25, -0.2) is 0 Å². The summed E-state index contributed by atoms with van der Waals surface area (Å²) in [7, 11) is 1.84. The van der Waals surface area contributed by atoms with Gasteiger partial charge in [0.15, 0.2) is 0 Å². The maximum atomic E-state index is 11.9.